The van der Waals surface area contributed by atoms with Crippen molar-refractivity contribution in [2.75, 3.05) is 25.0 Å². The molecule has 1 aromatic heterocycles. The van der Waals surface area contributed by atoms with E-state index in [1.54, 1.807) is 6.20 Å². The van der Waals surface area contributed by atoms with Crippen molar-refractivity contribution >= 4 is 18.1 Å². The second-order valence-corrected chi connectivity index (χ2v) is 4.79. The van der Waals surface area contributed by atoms with Crippen LogP contribution in [-0.2, 0) is 0 Å². The summed E-state index contributed by atoms with van der Waals surface area (Å²) in [5.74, 6) is 0.852. The number of rotatable bonds is 7. The maximum absolute atomic E-state index is 5.77. The van der Waals surface area contributed by atoms with Crippen molar-refractivity contribution in [2.45, 2.75) is 38.6 Å². The fourth-order valence-electron chi connectivity index (χ4n) is 2.10. The Morgan fingerprint density at radius 1 is 1.47 bits per heavy atom. The molecular formula is C14H24ClN3O. The fourth-order valence-corrected chi connectivity index (χ4v) is 2.10. The van der Waals surface area contributed by atoms with E-state index in [0.29, 0.717) is 6.04 Å². The van der Waals surface area contributed by atoms with Crippen LogP contribution in [0.3, 0.4) is 0 Å². The van der Waals surface area contributed by atoms with Gasteiger partial charge in [0.25, 0.3) is 0 Å². The van der Waals surface area contributed by atoms with Gasteiger partial charge in [0.15, 0.2) is 0 Å². The van der Waals surface area contributed by atoms with Crippen LogP contribution in [-0.4, -0.2) is 30.7 Å². The molecule has 0 spiro atoms. The van der Waals surface area contributed by atoms with Crippen molar-refractivity contribution in [2.24, 2.45) is 0 Å². The second kappa shape index (κ2) is 8.99. The molecule has 5 heteroatoms. The van der Waals surface area contributed by atoms with Crippen LogP contribution >= 0.6 is 12.4 Å². The quantitative estimate of drug-likeness (QED) is 0.756. The van der Waals surface area contributed by atoms with Crippen LogP contribution in [0.15, 0.2) is 18.5 Å². The summed E-state index contributed by atoms with van der Waals surface area (Å²) < 4.78 is 5.77. The lowest BCUT2D eigenvalue weighted by molar-refractivity contribution is 0.276. The molecule has 1 aliphatic rings. The van der Waals surface area contributed by atoms with Gasteiger partial charge in [0.05, 0.1) is 18.1 Å². The molecule has 0 aliphatic carbocycles. The first kappa shape index (κ1) is 16.1. The first-order valence-corrected chi connectivity index (χ1v) is 6.93. The first-order chi connectivity index (χ1) is 8.88. The summed E-state index contributed by atoms with van der Waals surface area (Å²) in [4.78, 5) is 4.20. The molecule has 1 aromatic rings. The summed E-state index contributed by atoms with van der Waals surface area (Å²) in [6.07, 6.45) is 8.46. The van der Waals surface area contributed by atoms with Gasteiger partial charge in [0, 0.05) is 18.7 Å². The van der Waals surface area contributed by atoms with Gasteiger partial charge in [-0.05, 0) is 25.8 Å². The predicted octanol–water partition coefficient (Wildman–Crippen LogP) is 2.85. The molecule has 0 bridgehead atoms. The molecule has 2 N–H and O–H groups in total. The number of anilines is 1. The molecule has 0 radical (unpaired) electrons. The molecule has 2 heterocycles. The van der Waals surface area contributed by atoms with Crippen LogP contribution in [0.25, 0.3) is 0 Å². The van der Waals surface area contributed by atoms with Gasteiger partial charge in [0.1, 0.15) is 12.4 Å². The minimum atomic E-state index is 0. The topological polar surface area (TPSA) is 46.2 Å². The normalized spacial score (nSPS) is 17.8. The summed E-state index contributed by atoms with van der Waals surface area (Å²) in [6, 6.07) is 2.53. The Labute approximate surface area is 121 Å². The monoisotopic (exact) mass is 285 g/mol. The number of ether oxygens (including phenoxy) is 1. The van der Waals surface area contributed by atoms with Crippen LogP contribution in [0, 0.1) is 0 Å². The zero-order chi connectivity index (χ0) is 12.6. The highest BCUT2D eigenvalue weighted by Crippen LogP contribution is 2.16. The van der Waals surface area contributed by atoms with Gasteiger partial charge in [-0.1, -0.05) is 13.3 Å². The molecular weight excluding hydrogens is 262 g/mol. The molecule has 0 aromatic carbocycles. The lowest BCUT2D eigenvalue weighted by Gasteiger charge is -2.13. The molecule has 1 saturated heterocycles. The number of pyridine rings is 1. The SMILES string of the molecule is CCCCNc1cncc(OC[C@@H]2CCCN2)c1.Cl. The van der Waals surface area contributed by atoms with Gasteiger partial charge < -0.3 is 15.4 Å². The number of nitrogens with zero attached hydrogens (tertiary/aromatic N) is 1. The molecule has 4 nitrogen and oxygen atoms in total. The van der Waals surface area contributed by atoms with Crippen molar-refractivity contribution in [1.29, 1.82) is 0 Å². The molecule has 108 valence electrons. The van der Waals surface area contributed by atoms with E-state index in [0.717, 1.165) is 31.1 Å². The standard InChI is InChI=1S/C14H23N3O.ClH/c1-2-3-6-17-13-8-14(10-15-9-13)18-11-12-5-4-7-16-12;/h8-10,12,16-17H,2-7,11H2,1H3;1H/t12-;/m0./s1. The fraction of sp³-hybridized carbons (Fsp3) is 0.643. The summed E-state index contributed by atoms with van der Waals surface area (Å²) in [6.45, 7) is 5.03. The van der Waals surface area contributed by atoms with Gasteiger partial charge in [0.2, 0.25) is 0 Å². The van der Waals surface area contributed by atoms with Gasteiger partial charge in [-0.15, -0.1) is 12.4 Å². The van der Waals surface area contributed by atoms with Gasteiger partial charge in [-0.25, -0.2) is 0 Å². The Bertz CT molecular complexity index is 356. The number of halogens is 1. The summed E-state index contributed by atoms with van der Waals surface area (Å²) >= 11 is 0. The lowest BCUT2D eigenvalue weighted by Crippen LogP contribution is -2.28. The number of hydrogen-bond donors (Lipinski definition) is 2. The zero-order valence-electron chi connectivity index (χ0n) is 11.5. The van der Waals surface area contributed by atoms with Crippen molar-refractivity contribution in [1.82, 2.24) is 10.3 Å². The van der Waals surface area contributed by atoms with Crippen molar-refractivity contribution in [3.05, 3.63) is 18.5 Å². The Morgan fingerprint density at radius 2 is 2.37 bits per heavy atom. The molecule has 1 fully saturated rings. The van der Waals surface area contributed by atoms with Crippen LogP contribution in [0.1, 0.15) is 32.6 Å². The molecule has 1 aliphatic heterocycles. The Kier molecular flexibility index (Phi) is 7.60. The Balaban J connectivity index is 0.00000180. The maximum Gasteiger partial charge on any atom is 0.139 e. The third-order valence-corrected chi connectivity index (χ3v) is 3.19. The molecule has 19 heavy (non-hydrogen) atoms. The average molecular weight is 286 g/mol. The van der Waals surface area contributed by atoms with Crippen LogP contribution in [0.4, 0.5) is 5.69 Å². The second-order valence-electron chi connectivity index (χ2n) is 4.79. The minimum absolute atomic E-state index is 0. The third-order valence-electron chi connectivity index (χ3n) is 3.19. The molecule has 0 unspecified atom stereocenters. The maximum atomic E-state index is 5.77. The van der Waals surface area contributed by atoms with E-state index in [1.165, 1.54) is 25.7 Å². The zero-order valence-corrected chi connectivity index (χ0v) is 12.3. The predicted molar refractivity (Wildman–Crippen MR) is 81.4 cm³/mol. The van der Waals surface area contributed by atoms with E-state index in [2.05, 4.69) is 22.5 Å². The van der Waals surface area contributed by atoms with E-state index in [-0.39, 0.29) is 12.4 Å². The van der Waals surface area contributed by atoms with Crippen molar-refractivity contribution in [3.8, 4) is 5.75 Å². The number of nitrogens with one attached hydrogen (secondary N) is 2. The Morgan fingerprint density at radius 3 is 3.11 bits per heavy atom. The average Bonchev–Trinajstić information content (AvgIpc) is 2.90. The lowest BCUT2D eigenvalue weighted by atomic mass is 10.2. The highest BCUT2D eigenvalue weighted by atomic mass is 35.5. The van der Waals surface area contributed by atoms with Crippen molar-refractivity contribution in [3.63, 3.8) is 0 Å². The first-order valence-electron chi connectivity index (χ1n) is 6.93. The number of hydrogen-bond acceptors (Lipinski definition) is 4. The number of aromatic nitrogens is 1. The molecule has 2 rings (SSSR count). The highest BCUT2D eigenvalue weighted by molar-refractivity contribution is 5.85. The molecule has 0 saturated carbocycles. The van der Waals surface area contributed by atoms with E-state index in [4.69, 9.17) is 4.74 Å². The number of unbranched alkanes of at least 4 members (excludes halogenated alkanes) is 1. The van der Waals surface area contributed by atoms with E-state index >= 15 is 0 Å². The van der Waals surface area contributed by atoms with Gasteiger partial charge in [-0.2, -0.15) is 0 Å². The smallest absolute Gasteiger partial charge is 0.139 e. The molecule has 0 amide bonds. The van der Waals surface area contributed by atoms with E-state index in [1.807, 2.05) is 12.3 Å². The molecule has 1 atom stereocenters. The largest absolute Gasteiger partial charge is 0.490 e. The van der Waals surface area contributed by atoms with Crippen LogP contribution in [0.5, 0.6) is 5.75 Å². The van der Waals surface area contributed by atoms with Gasteiger partial charge >= 0.3 is 0 Å². The van der Waals surface area contributed by atoms with Crippen LogP contribution < -0.4 is 15.4 Å². The third kappa shape index (κ3) is 5.66. The van der Waals surface area contributed by atoms with Crippen LogP contribution in [0.2, 0.25) is 0 Å². The Hall–Kier alpha value is -1.00. The summed E-state index contributed by atoms with van der Waals surface area (Å²) in [5.41, 5.74) is 1.04. The van der Waals surface area contributed by atoms with Crippen molar-refractivity contribution < 1.29 is 4.74 Å². The summed E-state index contributed by atoms with van der Waals surface area (Å²) in [7, 11) is 0. The summed E-state index contributed by atoms with van der Waals surface area (Å²) in [5, 5.41) is 6.78. The highest BCUT2D eigenvalue weighted by Gasteiger charge is 2.14. The van der Waals surface area contributed by atoms with E-state index < -0.39 is 0 Å². The van der Waals surface area contributed by atoms with Gasteiger partial charge in [-0.3, -0.25) is 4.98 Å². The van der Waals surface area contributed by atoms with E-state index in [9.17, 15) is 0 Å². The minimum Gasteiger partial charge on any atom is -0.490 e.